The Morgan fingerprint density at radius 1 is 1.25 bits per heavy atom. The summed E-state index contributed by atoms with van der Waals surface area (Å²) in [6.45, 7) is 13.4. The standard InChI is InChI=1S/C21H27BN4O2/c1-14-10-16(3)25-19(14)18(12-28-21(27)24-9-8-23(7)13-24)20-15(2)11-17(4)26(20)22(25,5)6/h9-11,13H,12H2,1-7H3. The normalized spacial score (nSPS) is 17.6. The van der Waals surface area contributed by atoms with Gasteiger partial charge in [0, 0.05) is 37.5 Å². The number of fused-ring (bicyclic) bond motifs is 2. The molecule has 0 N–H and O–H groups in total. The first kappa shape index (κ1) is 18.5. The second-order valence-corrected chi connectivity index (χ2v) is 8.53. The lowest BCUT2D eigenvalue weighted by Gasteiger charge is -2.40. The van der Waals surface area contributed by atoms with E-state index < -0.39 is 12.5 Å². The van der Waals surface area contributed by atoms with Crippen LogP contribution >= 0.6 is 0 Å². The van der Waals surface area contributed by atoms with E-state index in [9.17, 15) is 4.79 Å². The molecule has 28 heavy (non-hydrogen) atoms. The first-order valence-corrected chi connectivity index (χ1v) is 9.73. The summed E-state index contributed by atoms with van der Waals surface area (Å²) in [7, 11) is 1.82. The Kier molecular flexibility index (Phi) is 4.03. The summed E-state index contributed by atoms with van der Waals surface area (Å²) >= 11 is 0. The Bertz CT molecular complexity index is 1110. The monoisotopic (exact) mass is 378 g/mol. The highest BCUT2D eigenvalue weighted by molar-refractivity contribution is 6.69. The first-order valence-electron chi connectivity index (χ1n) is 9.73. The van der Waals surface area contributed by atoms with Crippen LogP contribution in [0.3, 0.4) is 0 Å². The zero-order valence-electron chi connectivity index (χ0n) is 17.7. The van der Waals surface area contributed by atoms with Gasteiger partial charge in [0.1, 0.15) is 18.6 Å². The number of ether oxygens (including phenoxy) is 1. The van der Waals surface area contributed by atoms with Crippen molar-refractivity contribution in [2.24, 2.45) is 7.05 Å². The summed E-state index contributed by atoms with van der Waals surface area (Å²) in [6.07, 6.45) is 6.95. The second-order valence-electron chi connectivity index (χ2n) is 8.53. The number of allylic oxidation sites excluding steroid dienone is 2. The number of carbonyl (C=O) groups is 1. The summed E-state index contributed by atoms with van der Waals surface area (Å²) in [4.78, 5) is 12.5. The molecule has 2 aromatic heterocycles. The number of imidazole rings is 1. The molecule has 2 aliphatic rings. The van der Waals surface area contributed by atoms with Gasteiger partial charge >= 0.3 is 12.5 Å². The quantitative estimate of drug-likeness (QED) is 0.458. The number of hydrogen-bond acceptors (Lipinski definition) is 2. The molecule has 0 unspecified atom stereocenters. The van der Waals surface area contributed by atoms with Gasteiger partial charge in [0.05, 0.1) is 5.57 Å². The number of aromatic nitrogens is 3. The van der Waals surface area contributed by atoms with Crippen LogP contribution in [0.5, 0.6) is 0 Å². The van der Waals surface area contributed by atoms with Crippen molar-refractivity contribution in [2.75, 3.05) is 6.61 Å². The van der Waals surface area contributed by atoms with E-state index in [1.807, 2.05) is 7.05 Å². The molecule has 2 aliphatic heterocycles. The molecule has 2 aromatic rings. The number of hydrogen-bond donors (Lipinski definition) is 0. The molecule has 146 valence electrons. The van der Waals surface area contributed by atoms with Crippen LogP contribution in [0.4, 0.5) is 4.79 Å². The summed E-state index contributed by atoms with van der Waals surface area (Å²) in [5, 5.41) is 0. The molecule has 0 saturated heterocycles. The van der Waals surface area contributed by atoms with E-state index >= 15 is 0 Å². The molecule has 0 bridgehead atoms. The van der Waals surface area contributed by atoms with E-state index in [1.54, 1.807) is 17.1 Å². The fourth-order valence-corrected chi connectivity index (χ4v) is 5.11. The molecule has 4 rings (SSSR count). The van der Waals surface area contributed by atoms with Gasteiger partial charge in [-0.05, 0) is 44.3 Å². The minimum Gasteiger partial charge on any atom is -0.459 e. The van der Waals surface area contributed by atoms with Crippen molar-refractivity contribution in [1.29, 1.82) is 0 Å². The molecule has 4 heterocycles. The molecular formula is C21H27BN4O2. The molecule has 6 nitrogen and oxygen atoms in total. The van der Waals surface area contributed by atoms with Crippen molar-refractivity contribution >= 4 is 23.8 Å². The SMILES string of the molecule is CC1=CC(C)=[N+]2C1=C(COC(=O)n1c[c-][n+](C)c1)c1c(C)cc(C)n1[B-]2(C)C. The lowest BCUT2D eigenvalue weighted by molar-refractivity contribution is -0.674. The van der Waals surface area contributed by atoms with E-state index in [4.69, 9.17) is 4.74 Å². The summed E-state index contributed by atoms with van der Waals surface area (Å²) in [5.74, 6) is 0. The van der Waals surface area contributed by atoms with Crippen LogP contribution in [0.1, 0.15) is 30.8 Å². The third-order valence-electron chi connectivity index (χ3n) is 5.92. The molecule has 0 amide bonds. The molecule has 0 fully saturated rings. The fourth-order valence-electron chi connectivity index (χ4n) is 5.11. The fraction of sp³-hybridized carbons (Fsp3) is 0.381. The lowest BCUT2D eigenvalue weighted by Crippen LogP contribution is -2.53. The zero-order valence-corrected chi connectivity index (χ0v) is 17.7. The van der Waals surface area contributed by atoms with Gasteiger partial charge in [0.25, 0.3) is 0 Å². The predicted molar refractivity (Wildman–Crippen MR) is 110 cm³/mol. The number of nitrogens with zero attached hydrogens (tertiary/aromatic N) is 4. The average Bonchev–Trinajstić information content (AvgIpc) is 3.25. The van der Waals surface area contributed by atoms with E-state index in [-0.39, 0.29) is 6.61 Å². The van der Waals surface area contributed by atoms with Gasteiger partial charge in [-0.2, -0.15) is 0 Å². The molecule has 0 radical (unpaired) electrons. The average molecular weight is 378 g/mol. The molecule has 0 aliphatic carbocycles. The number of aryl methyl sites for hydroxylation is 3. The maximum absolute atomic E-state index is 12.5. The van der Waals surface area contributed by atoms with Crippen LogP contribution in [0.25, 0.3) is 5.57 Å². The van der Waals surface area contributed by atoms with Crippen LogP contribution in [-0.4, -0.2) is 38.4 Å². The van der Waals surface area contributed by atoms with Crippen LogP contribution in [0, 0.1) is 20.0 Å². The summed E-state index contributed by atoms with van der Waals surface area (Å²) in [5.41, 5.74) is 8.29. The van der Waals surface area contributed by atoms with E-state index in [0.29, 0.717) is 0 Å². The topological polar surface area (TPSA) is 43.1 Å². The zero-order chi connectivity index (χ0) is 20.4. The molecule has 0 atom stereocenters. The Morgan fingerprint density at radius 2 is 1.96 bits per heavy atom. The molecule has 7 heteroatoms. The van der Waals surface area contributed by atoms with Crippen molar-refractivity contribution < 1.29 is 18.6 Å². The van der Waals surface area contributed by atoms with Gasteiger partial charge in [-0.3, -0.25) is 0 Å². The van der Waals surface area contributed by atoms with Gasteiger partial charge in [-0.1, -0.05) is 0 Å². The van der Waals surface area contributed by atoms with Gasteiger partial charge in [-0.15, -0.1) is 13.6 Å². The van der Waals surface area contributed by atoms with Crippen molar-refractivity contribution in [3.8, 4) is 0 Å². The molecule has 0 spiro atoms. The van der Waals surface area contributed by atoms with Gasteiger partial charge in [-0.25, -0.2) is 9.36 Å². The highest BCUT2D eigenvalue weighted by atomic mass is 16.5. The smallest absolute Gasteiger partial charge is 0.459 e. The minimum absolute atomic E-state index is 0.224. The molecular weight excluding hydrogens is 351 g/mol. The van der Waals surface area contributed by atoms with E-state index in [2.05, 4.69) is 68.6 Å². The second kappa shape index (κ2) is 6.09. The van der Waals surface area contributed by atoms with E-state index in [1.165, 1.54) is 38.5 Å². The summed E-state index contributed by atoms with van der Waals surface area (Å²) < 4.78 is 13.7. The summed E-state index contributed by atoms with van der Waals surface area (Å²) in [6, 6.07) is 2.22. The van der Waals surface area contributed by atoms with Crippen LogP contribution in [-0.2, 0) is 11.8 Å². The molecule has 0 saturated carbocycles. The minimum atomic E-state index is -1.02. The highest BCUT2D eigenvalue weighted by Gasteiger charge is 2.45. The van der Waals surface area contributed by atoms with Crippen molar-refractivity contribution in [3.63, 3.8) is 0 Å². The van der Waals surface area contributed by atoms with Gasteiger partial charge in [0.2, 0.25) is 0 Å². The maximum atomic E-state index is 12.5. The Balaban J connectivity index is 1.82. The van der Waals surface area contributed by atoms with Gasteiger partial charge < -0.3 is 18.3 Å². The van der Waals surface area contributed by atoms with E-state index in [0.717, 1.165) is 5.57 Å². The van der Waals surface area contributed by atoms with Crippen molar-refractivity contribution in [2.45, 2.75) is 41.3 Å². The predicted octanol–water partition coefficient (Wildman–Crippen LogP) is 2.92. The Hall–Kier alpha value is -2.83. The third-order valence-corrected chi connectivity index (χ3v) is 5.92. The molecule has 0 aromatic carbocycles. The maximum Gasteiger partial charge on any atom is 0.493 e. The van der Waals surface area contributed by atoms with Gasteiger partial charge in [0.15, 0.2) is 5.70 Å². The third kappa shape index (κ3) is 2.53. The lowest BCUT2D eigenvalue weighted by atomic mass is 9.48. The highest BCUT2D eigenvalue weighted by Crippen LogP contribution is 2.40. The largest absolute Gasteiger partial charge is 0.493 e. The van der Waals surface area contributed by atoms with Crippen molar-refractivity contribution in [3.05, 3.63) is 59.1 Å². The van der Waals surface area contributed by atoms with Crippen molar-refractivity contribution in [1.82, 2.24) is 9.05 Å². The van der Waals surface area contributed by atoms with Crippen LogP contribution in [0.2, 0.25) is 13.6 Å². The first-order chi connectivity index (χ1) is 13.1. The number of rotatable bonds is 2. The van der Waals surface area contributed by atoms with Crippen LogP contribution in [0.15, 0.2) is 35.9 Å². The Labute approximate surface area is 166 Å². The Morgan fingerprint density at radius 3 is 2.61 bits per heavy atom. The van der Waals surface area contributed by atoms with Crippen LogP contribution < -0.4 is 4.57 Å². The number of carbonyl (C=O) groups excluding carboxylic acids is 1.